The summed E-state index contributed by atoms with van der Waals surface area (Å²) in [7, 11) is 1.66. The van der Waals surface area contributed by atoms with Gasteiger partial charge >= 0.3 is 0 Å². The molecular formula is C13H17NO3. The van der Waals surface area contributed by atoms with Crippen LogP contribution in [0.1, 0.15) is 0 Å². The highest BCUT2D eigenvalue weighted by Gasteiger charge is 1.97. The average Bonchev–Trinajstić information content (AvgIpc) is 2.81. The van der Waals surface area contributed by atoms with Crippen LogP contribution in [0.15, 0.2) is 30.5 Å². The molecule has 0 radical (unpaired) electrons. The van der Waals surface area contributed by atoms with Crippen molar-refractivity contribution >= 4 is 10.9 Å². The summed E-state index contributed by atoms with van der Waals surface area (Å²) >= 11 is 0. The van der Waals surface area contributed by atoms with Crippen LogP contribution in [0.4, 0.5) is 0 Å². The molecule has 1 heterocycles. The third-order valence-electron chi connectivity index (χ3n) is 2.45. The number of methoxy groups -OCH3 is 1. The first kappa shape index (κ1) is 12.0. The predicted molar refractivity (Wildman–Crippen MR) is 66.5 cm³/mol. The molecule has 0 saturated heterocycles. The van der Waals surface area contributed by atoms with E-state index in [1.54, 1.807) is 7.11 Å². The fourth-order valence-corrected chi connectivity index (χ4v) is 1.58. The molecule has 0 atom stereocenters. The van der Waals surface area contributed by atoms with Crippen LogP contribution in [-0.4, -0.2) is 38.5 Å². The third-order valence-corrected chi connectivity index (χ3v) is 2.45. The maximum Gasteiger partial charge on any atom is 0.120 e. The zero-order valence-electron chi connectivity index (χ0n) is 9.94. The van der Waals surface area contributed by atoms with Gasteiger partial charge < -0.3 is 19.2 Å². The molecule has 92 valence electrons. The van der Waals surface area contributed by atoms with Crippen molar-refractivity contribution < 1.29 is 14.2 Å². The second kappa shape index (κ2) is 6.27. The number of aromatic amines is 1. The molecule has 0 spiro atoms. The van der Waals surface area contributed by atoms with Crippen molar-refractivity contribution in [3.63, 3.8) is 0 Å². The van der Waals surface area contributed by atoms with Crippen LogP contribution in [-0.2, 0) is 9.47 Å². The molecule has 2 aromatic rings. The van der Waals surface area contributed by atoms with Crippen LogP contribution in [0.2, 0.25) is 0 Å². The number of aromatic nitrogens is 1. The Balaban J connectivity index is 1.75. The second-order valence-electron chi connectivity index (χ2n) is 3.68. The van der Waals surface area contributed by atoms with E-state index in [1.165, 1.54) is 0 Å². The van der Waals surface area contributed by atoms with Crippen molar-refractivity contribution in [2.24, 2.45) is 0 Å². The molecule has 0 aliphatic rings. The SMILES string of the molecule is COCCOCCOc1ccc2[nH]ccc2c1. The minimum absolute atomic E-state index is 0.555. The van der Waals surface area contributed by atoms with Gasteiger partial charge in [-0.2, -0.15) is 0 Å². The Hall–Kier alpha value is -1.52. The van der Waals surface area contributed by atoms with Crippen molar-refractivity contribution in [3.8, 4) is 5.75 Å². The lowest BCUT2D eigenvalue weighted by Gasteiger charge is -2.07. The Morgan fingerprint density at radius 2 is 1.94 bits per heavy atom. The molecule has 2 rings (SSSR count). The van der Waals surface area contributed by atoms with E-state index in [9.17, 15) is 0 Å². The molecule has 1 aromatic carbocycles. The predicted octanol–water partition coefficient (Wildman–Crippen LogP) is 2.21. The highest BCUT2D eigenvalue weighted by Crippen LogP contribution is 2.19. The maximum atomic E-state index is 5.58. The van der Waals surface area contributed by atoms with Crippen molar-refractivity contribution in [1.29, 1.82) is 0 Å². The van der Waals surface area contributed by atoms with Gasteiger partial charge in [-0.25, -0.2) is 0 Å². The molecule has 4 heteroatoms. The first-order chi connectivity index (χ1) is 8.40. The molecule has 17 heavy (non-hydrogen) atoms. The molecule has 1 aromatic heterocycles. The fraction of sp³-hybridized carbons (Fsp3) is 0.385. The summed E-state index contributed by atoms with van der Waals surface area (Å²) in [4.78, 5) is 3.14. The Morgan fingerprint density at radius 1 is 1.06 bits per heavy atom. The zero-order valence-corrected chi connectivity index (χ0v) is 9.94. The van der Waals surface area contributed by atoms with Crippen LogP contribution < -0.4 is 4.74 Å². The van der Waals surface area contributed by atoms with E-state index in [-0.39, 0.29) is 0 Å². The van der Waals surface area contributed by atoms with Crippen LogP contribution in [0.5, 0.6) is 5.75 Å². The lowest BCUT2D eigenvalue weighted by Crippen LogP contribution is -2.09. The monoisotopic (exact) mass is 235 g/mol. The van der Waals surface area contributed by atoms with Crippen molar-refractivity contribution in [1.82, 2.24) is 4.98 Å². The first-order valence-corrected chi connectivity index (χ1v) is 5.67. The molecular weight excluding hydrogens is 218 g/mol. The molecule has 0 bridgehead atoms. The Morgan fingerprint density at radius 3 is 2.82 bits per heavy atom. The average molecular weight is 235 g/mol. The van der Waals surface area contributed by atoms with Gasteiger partial charge in [-0.05, 0) is 24.3 Å². The number of ether oxygens (including phenoxy) is 3. The minimum atomic E-state index is 0.555. The molecule has 1 N–H and O–H groups in total. The Bertz CT molecular complexity index is 453. The first-order valence-electron chi connectivity index (χ1n) is 5.67. The summed E-state index contributed by atoms with van der Waals surface area (Å²) in [6.45, 7) is 2.36. The molecule has 0 unspecified atom stereocenters. The lowest BCUT2D eigenvalue weighted by molar-refractivity contribution is 0.0544. The quantitative estimate of drug-likeness (QED) is 0.748. The number of fused-ring (bicyclic) bond motifs is 1. The minimum Gasteiger partial charge on any atom is -0.491 e. The fourth-order valence-electron chi connectivity index (χ4n) is 1.58. The molecule has 0 aliphatic heterocycles. The van der Waals surface area contributed by atoms with Gasteiger partial charge in [0.05, 0.1) is 19.8 Å². The van der Waals surface area contributed by atoms with Gasteiger partial charge in [0.25, 0.3) is 0 Å². The topological polar surface area (TPSA) is 43.5 Å². The van der Waals surface area contributed by atoms with Gasteiger partial charge in [0.1, 0.15) is 12.4 Å². The second-order valence-corrected chi connectivity index (χ2v) is 3.68. The molecule has 0 saturated carbocycles. The maximum absolute atomic E-state index is 5.58. The van der Waals surface area contributed by atoms with Crippen molar-refractivity contribution in [2.75, 3.05) is 33.5 Å². The molecule has 0 aliphatic carbocycles. The van der Waals surface area contributed by atoms with E-state index in [4.69, 9.17) is 14.2 Å². The van der Waals surface area contributed by atoms with Crippen LogP contribution in [0, 0.1) is 0 Å². The summed E-state index contributed by atoms with van der Waals surface area (Å²) in [6, 6.07) is 8.00. The number of hydrogen-bond donors (Lipinski definition) is 1. The zero-order chi connectivity index (χ0) is 11.9. The van der Waals surface area contributed by atoms with E-state index < -0.39 is 0 Å². The van der Waals surface area contributed by atoms with Gasteiger partial charge in [0.2, 0.25) is 0 Å². The van der Waals surface area contributed by atoms with Gasteiger partial charge in [0, 0.05) is 24.2 Å². The van der Waals surface area contributed by atoms with E-state index in [0.29, 0.717) is 26.4 Å². The van der Waals surface area contributed by atoms with E-state index in [0.717, 1.165) is 16.7 Å². The summed E-state index contributed by atoms with van der Waals surface area (Å²) in [5, 5.41) is 1.16. The lowest BCUT2D eigenvalue weighted by atomic mass is 10.2. The highest BCUT2D eigenvalue weighted by molar-refractivity contribution is 5.80. The van der Waals surface area contributed by atoms with Crippen LogP contribution in [0.25, 0.3) is 10.9 Å². The van der Waals surface area contributed by atoms with E-state index in [2.05, 4.69) is 4.98 Å². The number of hydrogen-bond acceptors (Lipinski definition) is 3. The summed E-state index contributed by atoms with van der Waals surface area (Å²) < 4.78 is 15.8. The van der Waals surface area contributed by atoms with Crippen molar-refractivity contribution in [3.05, 3.63) is 30.5 Å². The molecule has 0 amide bonds. The standard InChI is InChI=1S/C13H17NO3/c1-15-6-7-16-8-9-17-12-2-3-13-11(10-12)4-5-14-13/h2-5,10,14H,6-9H2,1H3. The van der Waals surface area contributed by atoms with Crippen molar-refractivity contribution in [2.45, 2.75) is 0 Å². The van der Waals surface area contributed by atoms with Gasteiger partial charge in [-0.3, -0.25) is 0 Å². The smallest absolute Gasteiger partial charge is 0.120 e. The summed E-state index contributed by atoms with van der Waals surface area (Å²) in [5.74, 6) is 0.868. The van der Waals surface area contributed by atoms with Gasteiger partial charge in [-0.15, -0.1) is 0 Å². The van der Waals surface area contributed by atoms with Gasteiger partial charge in [0.15, 0.2) is 0 Å². The largest absolute Gasteiger partial charge is 0.491 e. The van der Waals surface area contributed by atoms with Crippen LogP contribution >= 0.6 is 0 Å². The van der Waals surface area contributed by atoms with Crippen LogP contribution in [0.3, 0.4) is 0 Å². The molecule has 4 nitrogen and oxygen atoms in total. The molecule has 0 fully saturated rings. The summed E-state index contributed by atoms with van der Waals surface area (Å²) in [6.07, 6.45) is 1.92. The number of nitrogens with one attached hydrogen (secondary N) is 1. The van der Waals surface area contributed by atoms with E-state index in [1.807, 2.05) is 30.5 Å². The number of H-pyrrole nitrogens is 1. The Labute approximate surface area is 100 Å². The Kier molecular flexibility index (Phi) is 4.41. The summed E-state index contributed by atoms with van der Waals surface area (Å²) in [5.41, 5.74) is 1.12. The number of benzene rings is 1. The normalized spacial score (nSPS) is 10.9. The number of rotatable bonds is 7. The van der Waals surface area contributed by atoms with Gasteiger partial charge in [-0.1, -0.05) is 0 Å². The third kappa shape index (κ3) is 3.47. The highest BCUT2D eigenvalue weighted by atomic mass is 16.5. The van der Waals surface area contributed by atoms with E-state index >= 15 is 0 Å².